The van der Waals surface area contributed by atoms with E-state index in [0.29, 0.717) is 18.7 Å². The Morgan fingerprint density at radius 2 is 1.65 bits per heavy atom. The number of para-hydroxylation sites is 1. The largest absolute Gasteiger partial charge is 0.357 e. The summed E-state index contributed by atoms with van der Waals surface area (Å²) in [5, 5.41) is 2.59. The molecule has 0 aromatic heterocycles. The molecule has 0 aliphatic carbocycles. The molecule has 31 heavy (non-hydrogen) atoms. The van der Waals surface area contributed by atoms with Gasteiger partial charge < -0.3 is 10.2 Å². The zero-order chi connectivity index (χ0) is 23.0. The number of anilines is 1. The van der Waals surface area contributed by atoms with Crippen molar-refractivity contribution in [2.45, 2.75) is 39.3 Å². The zero-order valence-electron chi connectivity index (χ0n) is 18.5. The summed E-state index contributed by atoms with van der Waals surface area (Å²) in [5.74, 6) is -0.444. The topological polar surface area (TPSA) is 86.8 Å². The monoisotopic (exact) mass is 445 g/mol. The van der Waals surface area contributed by atoms with E-state index in [4.69, 9.17) is 0 Å². The number of nitrogens with zero attached hydrogens (tertiary/aromatic N) is 2. The van der Waals surface area contributed by atoms with Crippen molar-refractivity contribution in [1.29, 1.82) is 0 Å². The fourth-order valence-corrected chi connectivity index (χ4v) is 4.25. The standard InChI is InChI=1S/C23H31N3O4S/c1-18-12-14-20(15-13-18)17-25(19(2)23(28)24-3)22(27)11-8-16-26(31(4,29)30)21-9-6-5-7-10-21/h5-7,9-10,12-15,19H,8,11,16-17H2,1-4H3,(H,24,28)/t19-/m1/s1. The molecule has 0 saturated carbocycles. The molecule has 2 aromatic carbocycles. The Bertz CT molecular complexity index is 976. The van der Waals surface area contributed by atoms with E-state index < -0.39 is 16.1 Å². The molecule has 2 aromatic rings. The average Bonchev–Trinajstić information content (AvgIpc) is 2.74. The van der Waals surface area contributed by atoms with Crippen molar-refractivity contribution in [2.75, 3.05) is 24.2 Å². The highest BCUT2D eigenvalue weighted by Crippen LogP contribution is 2.18. The van der Waals surface area contributed by atoms with E-state index in [1.165, 1.54) is 16.3 Å². The van der Waals surface area contributed by atoms with Crippen molar-refractivity contribution in [1.82, 2.24) is 10.2 Å². The highest BCUT2D eigenvalue weighted by Gasteiger charge is 2.26. The molecule has 0 aliphatic rings. The number of likely N-dealkylation sites (N-methyl/N-ethyl adjacent to an activating group) is 1. The van der Waals surface area contributed by atoms with Crippen LogP contribution in [0.1, 0.15) is 30.9 Å². The van der Waals surface area contributed by atoms with E-state index in [9.17, 15) is 18.0 Å². The Kier molecular flexibility index (Phi) is 8.62. The molecular formula is C23H31N3O4S. The number of rotatable bonds is 10. The average molecular weight is 446 g/mol. The lowest BCUT2D eigenvalue weighted by Crippen LogP contribution is -2.46. The number of aryl methyl sites for hydroxylation is 1. The van der Waals surface area contributed by atoms with Gasteiger partial charge in [-0.05, 0) is 38.0 Å². The number of benzene rings is 2. The fraction of sp³-hybridized carbons (Fsp3) is 0.391. The van der Waals surface area contributed by atoms with Crippen LogP contribution in [0.5, 0.6) is 0 Å². The van der Waals surface area contributed by atoms with Crippen LogP contribution in [-0.4, -0.2) is 51.0 Å². The SMILES string of the molecule is CNC(=O)[C@@H](C)N(Cc1ccc(C)cc1)C(=O)CCCN(c1ccccc1)S(C)(=O)=O. The Hall–Kier alpha value is -2.87. The summed E-state index contributed by atoms with van der Waals surface area (Å²) >= 11 is 0. The maximum atomic E-state index is 13.0. The van der Waals surface area contributed by atoms with Crippen LogP contribution in [0.15, 0.2) is 54.6 Å². The minimum absolute atomic E-state index is 0.131. The van der Waals surface area contributed by atoms with E-state index in [1.807, 2.05) is 37.3 Å². The maximum absolute atomic E-state index is 13.0. The van der Waals surface area contributed by atoms with E-state index >= 15 is 0 Å². The first-order chi connectivity index (χ1) is 14.6. The van der Waals surface area contributed by atoms with Gasteiger partial charge in [0.05, 0.1) is 11.9 Å². The molecule has 0 bridgehead atoms. The van der Waals surface area contributed by atoms with E-state index in [1.54, 1.807) is 31.2 Å². The normalized spacial score (nSPS) is 12.1. The molecule has 2 rings (SSSR count). The first kappa shape index (κ1) is 24.4. The predicted molar refractivity (Wildman–Crippen MR) is 123 cm³/mol. The van der Waals surface area contributed by atoms with Crippen LogP contribution in [-0.2, 0) is 26.2 Å². The molecule has 0 spiro atoms. The lowest BCUT2D eigenvalue weighted by Gasteiger charge is -2.29. The molecule has 0 unspecified atom stereocenters. The van der Waals surface area contributed by atoms with E-state index in [0.717, 1.165) is 17.4 Å². The van der Waals surface area contributed by atoms with Gasteiger partial charge in [-0.2, -0.15) is 0 Å². The summed E-state index contributed by atoms with van der Waals surface area (Å²) in [6.07, 6.45) is 1.62. The highest BCUT2D eigenvalue weighted by molar-refractivity contribution is 7.92. The van der Waals surface area contributed by atoms with Gasteiger partial charge in [0.15, 0.2) is 0 Å². The van der Waals surface area contributed by atoms with Gasteiger partial charge in [-0.1, -0.05) is 48.0 Å². The first-order valence-corrected chi connectivity index (χ1v) is 12.1. The van der Waals surface area contributed by atoms with Gasteiger partial charge in [0.2, 0.25) is 21.8 Å². The first-order valence-electron chi connectivity index (χ1n) is 10.2. The van der Waals surface area contributed by atoms with Crippen LogP contribution in [0.4, 0.5) is 5.69 Å². The Balaban J connectivity index is 2.11. The minimum Gasteiger partial charge on any atom is -0.357 e. The molecule has 8 heteroatoms. The molecule has 0 fully saturated rings. The minimum atomic E-state index is -3.48. The number of nitrogens with one attached hydrogen (secondary N) is 1. The van der Waals surface area contributed by atoms with Gasteiger partial charge in [-0.15, -0.1) is 0 Å². The number of hydrogen-bond donors (Lipinski definition) is 1. The van der Waals surface area contributed by atoms with Crippen molar-refractivity contribution in [3.63, 3.8) is 0 Å². The smallest absolute Gasteiger partial charge is 0.242 e. The van der Waals surface area contributed by atoms with Gasteiger partial charge in [0.1, 0.15) is 6.04 Å². The van der Waals surface area contributed by atoms with Crippen LogP contribution in [0, 0.1) is 6.92 Å². The molecule has 2 amide bonds. The van der Waals surface area contributed by atoms with Crippen LogP contribution < -0.4 is 9.62 Å². The van der Waals surface area contributed by atoms with Crippen molar-refractivity contribution in [3.8, 4) is 0 Å². The number of carbonyl (C=O) groups excluding carboxylic acids is 2. The van der Waals surface area contributed by atoms with E-state index in [2.05, 4.69) is 5.32 Å². The van der Waals surface area contributed by atoms with Crippen molar-refractivity contribution in [3.05, 3.63) is 65.7 Å². The summed E-state index contributed by atoms with van der Waals surface area (Å²) in [6.45, 7) is 4.17. The second-order valence-electron chi connectivity index (χ2n) is 7.57. The van der Waals surface area contributed by atoms with E-state index in [-0.39, 0.29) is 24.8 Å². The predicted octanol–water partition coefficient (Wildman–Crippen LogP) is 2.70. The fourth-order valence-electron chi connectivity index (χ4n) is 3.28. The van der Waals surface area contributed by atoms with Crippen molar-refractivity contribution >= 4 is 27.5 Å². The molecule has 0 radical (unpaired) electrons. The maximum Gasteiger partial charge on any atom is 0.242 e. The quantitative estimate of drug-likeness (QED) is 0.609. The molecule has 0 heterocycles. The number of sulfonamides is 1. The van der Waals surface area contributed by atoms with Gasteiger partial charge in [0, 0.05) is 26.6 Å². The third-order valence-corrected chi connectivity index (χ3v) is 6.28. The summed E-state index contributed by atoms with van der Waals surface area (Å²) < 4.78 is 25.7. The molecule has 0 aliphatic heterocycles. The summed E-state index contributed by atoms with van der Waals surface area (Å²) in [4.78, 5) is 26.8. The van der Waals surface area contributed by atoms with Gasteiger partial charge in [-0.3, -0.25) is 13.9 Å². The van der Waals surface area contributed by atoms with Crippen LogP contribution in [0.25, 0.3) is 0 Å². The molecule has 0 saturated heterocycles. The van der Waals surface area contributed by atoms with Crippen LogP contribution >= 0.6 is 0 Å². The Morgan fingerprint density at radius 1 is 1.03 bits per heavy atom. The Labute approximate surface area is 185 Å². The second kappa shape index (κ2) is 10.9. The van der Waals surface area contributed by atoms with Crippen LogP contribution in [0.3, 0.4) is 0 Å². The summed E-state index contributed by atoms with van der Waals surface area (Å²) in [5.41, 5.74) is 2.60. The highest BCUT2D eigenvalue weighted by atomic mass is 32.2. The molecule has 7 nitrogen and oxygen atoms in total. The molecule has 168 valence electrons. The summed E-state index contributed by atoms with van der Waals surface area (Å²) in [7, 11) is -1.94. The molecule has 1 N–H and O–H groups in total. The van der Waals surface area contributed by atoms with Gasteiger partial charge >= 0.3 is 0 Å². The number of hydrogen-bond acceptors (Lipinski definition) is 4. The third kappa shape index (κ3) is 7.10. The third-order valence-electron chi connectivity index (χ3n) is 5.08. The zero-order valence-corrected chi connectivity index (χ0v) is 19.4. The van der Waals surface area contributed by atoms with Crippen molar-refractivity contribution in [2.24, 2.45) is 0 Å². The van der Waals surface area contributed by atoms with Gasteiger partial charge in [-0.25, -0.2) is 8.42 Å². The van der Waals surface area contributed by atoms with Crippen molar-refractivity contribution < 1.29 is 18.0 Å². The lowest BCUT2D eigenvalue weighted by molar-refractivity contribution is -0.140. The molecule has 1 atom stereocenters. The second-order valence-corrected chi connectivity index (χ2v) is 9.48. The van der Waals surface area contributed by atoms with Crippen LogP contribution in [0.2, 0.25) is 0 Å². The number of carbonyl (C=O) groups is 2. The Morgan fingerprint density at radius 3 is 2.19 bits per heavy atom. The lowest BCUT2D eigenvalue weighted by atomic mass is 10.1. The molecular weight excluding hydrogens is 414 g/mol. The van der Waals surface area contributed by atoms with Gasteiger partial charge in [0.25, 0.3) is 0 Å². The summed E-state index contributed by atoms with van der Waals surface area (Å²) in [6, 6.07) is 16.0. The number of amides is 2.